The second-order valence-electron chi connectivity index (χ2n) is 8.42. The molecule has 0 spiro atoms. The minimum Gasteiger partial charge on any atom is -0.461 e. The summed E-state index contributed by atoms with van der Waals surface area (Å²) in [6.07, 6.45) is 5.73. The van der Waals surface area contributed by atoms with Crippen LogP contribution in [0.5, 0.6) is 0 Å². The van der Waals surface area contributed by atoms with Crippen LogP contribution in [-0.2, 0) is 40.4 Å². The lowest BCUT2D eigenvalue weighted by Crippen LogP contribution is -2.35. The van der Waals surface area contributed by atoms with Gasteiger partial charge in [0.15, 0.2) is 5.03 Å². The summed E-state index contributed by atoms with van der Waals surface area (Å²) in [5.74, 6) is -0.671. The van der Waals surface area contributed by atoms with Crippen molar-refractivity contribution in [2.24, 2.45) is 0 Å². The minimum absolute atomic E-state index is 0.0151. The van der Waals surface area contributed by atoms with Crippen LogP contribution in [0.15, 0.2) is 17.2 Å². The predicted molar refractivity (Wildman–Crippen MR) is 118 cm³/mol. The van der Waals surface area contributed by atoms with E-state index in [1.54, 1.807) is 20.8 Å². The smallest absolute Gasteiger partial charge is 0.356 e. The molecule has 2 aliphatic carbocycles. The number of esters is 1. The van der Waals surface area contributed by atoms with Crippen molar-refractivity contribution in [1.29, 1.82) is 0 Å². The number of anilines is 1. The highest BCUT2D eigenvalue weighted by atomic mass is 32.2. The molecule has 2 aromatic rings. The Morgan fingerprint density at radius 3 is 2.28 bits per heavy atom. The molecule has 0 radical (unpaired) electrons. The van der Waals surface area contributed by atoms with Gasteiger partial charge in [-0.25, -0.2) is 14.3 Å². The van der Waals surface area contributed by atoms with Crippen molar-refractivity contribution in [3.8, 4) is 0 Å². The van der Waals surface area contributed by atoms with E-state index in [-0.39, 0.29) is 18.3 Å². The fourth-order valence-electron chi connectivity index (χ4n) is 4.53. The highest BCUT2D eigenvalue weighted by molar-refractivity contribution is 7.90. The van der Waals surface area contributed by atoms with Gasteiger partial charge in [-0.05, 0) is 81.5 Å². The Bertz CT molecular complexity index is 1150. The number of carbonyl (C=O) groups excluding carboxylic acids is 2. The zero-order chi connectivity index (χ0) is 23.0. The second kappa shape index (κ2) is 8.57. The summed E-state index contributed by atoms with van der Waals surface area (Å²) in [5, 5.41) is 6.44. The number of amides is 2. The zero-order valence-electron chi connectivity index (χ0n) is 18.5. The third-order valence-corrected chi connectivity index (χ3v) is 7.11. The van der Waals surface area contributed by atoms with Gasteiger partial charge in [0.2, 0.25) is 0 Å². The number of aromatic nitrogens is 2. The SMILES string of the molecule is CCOC(=O)c1cc(S(=O)(=O)NC(=O)Nc2c3c(cc4c2CCC4)CCC3)nn1C(C)C. The summed E-state index contributed by atoms with van der Waals surface area (Å²) < 4.78 is 34.1. The number of benzene rings is 1. The van der Waals surface area contributed by atoms with E-state index in [2.05, 4.69) is 16.5 Å². The highest BCUT2D eigenvalue weighted by Gasteiger charge is 2.29. The van der Waals surface area contributed by atoms with E-state index >= 15 is 0 Å². The molecule has 10 heteroatoms. The second-order valence-corrected chi connectivity index (χ2v) is 10.0. The lowest BCUT2D eigenvalue weighted by atomic mass is 9.99. The van der Waals surface area contributed by atoms with Gasteiger partial charge in [-0.3, -0.25) is 4.68 Å². The van der Waals surface area contributed by atoms with Crippen LogP contribution in [0.3, 0.4) is 0 Å². The van der Waals surface area contributed by atoms with Crippen molar-refractivity contribution in [3.05, 3.63) is 40.1 Å². The van der Waals surface area contributed by atoms with Gasteiger partial charge in [-0.15, -0.1) is 0 Å². The van der Waals surface area contributed by atoms with Gasteiger partial charge >= 0.3 is 12.0 Å². The summed E-state index contributed by atoms with van der Waals surface area (Å²) in [6.45, 7) is 5.34. The summed E-state index contributed by atoms with van der Waals surface area (Å²) in [5.41, 5.74) is 5.44. The van der Waals surface area contributed by atoms with Crippen LogP contribution >= 0.6 is 0 Å². The molecule has 0 aliphatic heterocycles. The van der Waals surface area contributed by atoms with Gasteiger partial charge in [0.25, 0.3) is 10.0 Å². The molecule has 1 aromatic heterocycles. The van der Waals surface area contributed by atoms with E-state index in [9.17, 15) is 18.0 Å². The summed E-state index contributed by atoms with van der Waals surface area (Å²) in [4.78, 5) is 24.9. The van der Waals surface area contributed by atoms with Gasteiger partial charge in [0, 0.05) is 17.8 Å². The maximum atomic E-state index is 12.9. The van der Waals surface area contributed by atoms with E-state index in [1.807, 2.05) is 4.72 Å². The Morgan fingerprint density at radius 2 is 1.72 bits per heavy atom. The van der Waals surface area contributed by atoms with Crippen LogP contribution in [0.2, 0.25) is 0 Å². The summed E-state index contributed by atoms with van der Waals surface area (Å²) >= 11 is 0. The molecule has 0 fully saturated rings. The van der Waals surface area contributed by atoms with Crippen LogP contribution in [0.25, 0.3) is 0 Å². The maximum absolute atomic E-state index is 12.9. The Balaban J connectivity index is 1.58. The Kier molecular flexibility index (Phi) is 5.98. The van der Waals surface area contributed by atoms with Crippen LogP contribution in [0, 0.1) is 0 Å². The number of hydrogen-bond donors (Lipinski definition) is 2. The number of carbonyl (C=O) groups is 2. The first-order valence-corrected chi connectivity index (χ1v) is 12.5. The molecule has 4 rings (SSSR count). The molecule has 9 nitrogen and oxygen atoms in total. The fourth-order valence-corrected chi connectivity index (χ4v) is 5.40. The highest BCUT2D eigenvalue weighted by Crippen LogP contribution is 2.38. The topological polar surface area (TPSA) is 119 Å². The van der Waals surface area contributed by atoms with Gasteiger partial charge in [0.1, 0.15) is 5.69 Å². The first-order valence-electron chi connectivity index (χ1n) is 11.0. The molecule has 1 aromatic carbocycles. The average Bonchev–Trinajstić information content (AvgIpc) is 3.46. The summed E-state index contributed by atoms with van der Waals surface area (Å²) in [7, 11) is -4.29. The number of aryl methyl sites for hydroxylation is 2. The molecule has 1 heterocycles. The number of fused-ring (bicyclic) bond motifs is 2. The number of ether oxygens (including phenoxy) is 1. The molecule has 2 amide bonds. The first-order chi connectivity index (χ1) is 15.2. The molecule has 0 saturated carbocycles. The van der Waals surface area contributed by atoms with Crippen molar-refractivity contribution >= 4 is 27.7 Å². The van der Waals surface area contributed by atoms with Crippen LogP contribution in [-0.4, -0.2) is 36.8 Å². The van der Waals surface area contributed by atoms with Crippen molar-refractivity contribution in [3.63, 3.8) is 0 Å². The molecular weight excluding hydrogens is 432 g/mol. The summed E-state index contributed by atoms with van der Waals surface area (Å²) in [6, 6.07) is 2.25. The van der Waals surface area contributed by atoms with Crippen molar-refractivity contribution in [2.45, 2.75) is 70.4 Å². The van der Waals surface area contributed by atoms with E-state index < -0.39 is 27.0 Å². The van der Waals surface area contributed by atoms with Crippen molar-refractivity contribution in [2.75, 3.05) is 11.9 Å². The Labute approximate surface area is 187 Å². The standard InChI is InChI=1S/C22H28N4O5S/c1-4-31-21(27)18-12-19(24-26(18)13(2)3)32(29,30)25-22(28)23-20-16-9-5-7-14(16)11-15-8-6-10-17(15)20/h11-13H,4-10H2,1-3H3,(H2,23,25,28). The van der Waals surface area contributed by atoms with E-state index in [1.165, 1.54) is 15.8 Å². The molecule has 172 valence electrons. The fraction of sp³-hybridized carbons (Fsp3) is 0.500. The van der Waals surface area contributed by atoms with Crippen LogP contribution < -0.4 is 10.0 Å². The van der Waals surface area contributed by atoms with E-state index in [0.717, 1.165) is 61.4 Å². The molecular formula is C22H28N4O5S. The number of hydrogen-bond acceptors (Lipinski definition) is 6. The Morgan fingerprint density at radius 1 is 1.09 bits per heavy atom. The molecule has 0 saturated heterocycles. The molecule has 0 unspecified atom stereocenters. The van der Waals surface area contributed by atoms with Crippen molar-refractivity contribution in [1.82, 2.24) is 14.5 Å². The third-order valence-electron chi connectivity index (χ3n) is 5.90. The molecule has 0 bridgehead atoms. The predicted octanol–water partition coefficient (Wildman–Crippen LogP) is 3.13. The lowest BCUT2D eigenvalue weighted by Gasteiger charge is -2.16. The monoisotopic (exact) mass is 460 g/mol. The number of nitrogens with zero attached hydrogens (tertiary/aromatic N) is 2. The molecule has 32 heavy (non-hydrogen) atoms. The van der Waals surface area contributed by atoms with Gasteiger partial charge < -0.3 is 10.1 Å². The van der Waals surface area contributed by atoms with Crippen molar-refractivity contribution < 1.29 is 22.7 Å². The first kappa shape index (κ1) is 22.3. The number of sulfonamides is 1. The van der Waals surface area contributed by atoms with E-state index in [4.69, 9.17) is 4.74 Å². The third kappa shape index (κ3) is 4.11. The average molecular weight is 461 g/mol. The van der Waals surface area contributed by atoms with Gasteiger partial charge in [-0.2, -0.15) is 13.5 Å². The number of urea groups is 1. The maximum Gasteiger partial charge on any atom is 0.356 e. The van der Waals surface area contributed by atoms with E-state index in [0.29, 0.717) is 0 Å². The largest absolute Gasteiger partial charge is 0.461 e. The minimum atomic E-state index is -4.29. The van der Waals surface area contributed by atoms with Gasteiger partial charge in [0.05, 0.1) is 6.61 Å². The van der Waals surface area contributed by atoms with Crippen LogP contribution in [0.4, 0.5) is 10.5 Å². The number of nitrogens with one attached hydrogen (secondary N) is 2. The zero-order valence-corrected chi connectivity index (χ0v) is 19.3. The van der Waals surface area contributed by atoms with Gasteiger partial charge in [-0.1, -0.05) is 6.07 Å². The Hall–Kier alpha value is -2.88. The number of rotatable bonds is 6. The van der Waals surface area contributed by atoms with Crippen LogP contribution in [0.1, 0.15) is 72.4 Å². The lowest BCUT2D eigenvalue weighted by molar-refractivity contribution is 0.0509. The molecule has 2 N–H and O–H groups in total. The quantitative estimate of drug-likeness (QED) is 0.639. The normalized spacial score (nSPS) is 14.9. The molecule has 0 atom stereocenters. The molecule has 2 aliphatic rings.